The molecule has 0 bridgehead atoms. The highest BCUT2D eigenvalue weighted by Crippen LogP contribution is 2.30. The lowest BCUT2D eigenvalue weighted by molar-refractivity contribution is 0.0921. The summed E-state index contributed by atoms with van der Waals surface area (Å²) in [5.74, 6) is -0.541. The van der Waals surface area contributed by atoms with E-state index in [1.165, 1.54) is 18.5 Å². The molecule has 19 heavy (non-hydrogen) atoms. The van der Waals surface area contributed by atoms with E-state index in [0.717, 1.165) is 12.8 Å². The molecular weight excluding hydrogens is 248 g/mol. The molecule has 1 aromatic rings. The van der Waals surface area contributed by atoms with Crippen LogP contribution in [0.1, 0.15) is 36.0 Å². The molecule has 0 unspecified atom stereocenters. The van der Waals surface area contributed by atoms with Gasteiger partial charge in [0.05, 0.1) is 0 Å². The first-order valence-electron chi connectivity index (χ1n) is 6.07. The van der Waals surface area contributed by atoms with Crippen LogP contribution < -0.4 is 16.5 Å². The second-order valence-electron chi connectivity index (χ2n) is 4.65. The van der Waals surface area contributed by atoms with Gasteiger partial charge in [0, 0.05) is 18.5 Å². The summed E-state index contributed by atoms with van der Waals surface area (Å²) in [6.07, 6.45) is 5.74. The molecule has 0 radical (unpaired) electrons. The Hall–Kier alpha value is -2.31. The topological polar surface area (TPSA) is 121 Å². The van der Waals surface area contributed by atoms with E-state index in [4.69, 9.17) is 10.9 Å². The number of amides is 1. The van der Waals surface area contributed by atoms with Gasteiger partial charge in [-0.15, -0.1) is 0 Å². The van der Waals surface area contributed by atoms with Gasteiger partial charge in [0.1, 0.15) is 11.1 Å². The number of amidine groups is 1. The van der Waals surface area contributed by atoms with E-state index < -0.39 is 11.4 Å². The molecule has 1 aliphatic carbocycles. The Bertz CT molecular complexity index is 558. The van der Waals surface area contributed by atoms with Gasteiger partial charge in [-0.1, -0.05) is 18.0 Å². The van der Waals surface area contributed by atoms with Gasteiger partial charge in [0.15, 0.2) is 11.3 Å². The third-order valence-corrected chi connectivity index (χ3v) is 3.48. The van der Waals surface area contributed by atoms with Gasteiger partial charge in [-0.2, -0.15) is 0 Å². The number of carbonyl (C=O) groups excluding carboxylic acids is 1. The molecule has 2 rings (SSSR count). The van der Waals surface area contributed by atoms with Crippen LogP contribution in [-0.4, -0.2) is 27.5 Å². The average Bonchev–Trinajstić information content (AvgIpc) is 2.88. The molecule has 0 atom stereocenters. The van der Waals surface area contributed by atoms with Gasteiger partial charge in [-0.3, -0.25) is 9.59 Å². The van der Waals surface area contributed by atoms with Crippen LogP contribution in [0.15, 0.2) is 28.4 Å². The Morgan fingerprint density at radius 1 is 1.47 bits per heavy atom. The molecule has 0 aromatic carbocycles. The van der Waals surface area contributed by atoms with E-state index in [-0.39, 0.29) is 16.8 Å². The molecule has 0 aliphatic heterocycles. The zero-order valence-corrected chi connectivity index (χ0v) is 10.3. The number of H-pyrrole nitrogens is 1. The summed E-state index contributed by atoms with van der Waals surface area (Å²) in [7, 11) is 0. The number of nitrogens with one attached hydrogen (secondary N) is 2. The largest absolute Gasteiger partial charge is 0.409 e. The molecule has 0 spiro atoms. The number of aromatic nitrogens is 1. The number of pyridine rings is 1. The zero-order chi connectivity index (χ0) is 13.9. The van der Waals surface area contributed by atoms with Crippen molar-refractivity contribution >= 4 is 11.7 Å². The van der Waals surface area contributed by atoms with Crippen LogP contribution in [0.2, 0.25) is 0 Å². The zero-order valence-electron chi connectivity index (χ0n) is 10.3. The minimum absolute atomic E-state index is 0.0134. The SMILES string of the molecule is N/C(=N/O)C1(NC(=O)c2c[nH]ccc2=O)CCCC1. The maximum atomic E-state index is 12.1. The van der Waals surface area contributed by atoms with Crippen molar-refractivity contribution in [1.29, 1.82) is 0 Å². The van der Waals surface area contributed by atoms with Crippen molar-refractivity contribution in [3.05, 3.63) is 34.2 Å². The van der Waals surface area contributed by atoms with Crippen LogP contribution in [0.4, 0.5) is 0 Å². The van der Waals surface area contributed by atoms with Gasteiger partial charge in [0.2, 0.25) is 0 Å². The molecule has 1 amide bonds. The fourth-order valence-electron chi connectivity index (χ4n) is 2.40. The molecule has 0 saturated heterocycles. The summed E-state index contributed by atoms with van der Waals surface area (Å²) >= 11 is 0. The number of hydrogen-bond acceptors (Lipinski definition) is 4. The van der Waals surface area contributed by atoms with E-state index in [0.29, 0.717) is 12.8 Å². The van der Waals surface area contributed by atoms with Crippen molar-refractivity contribution in [1.82, 2.24) is 10.3 Å². The quantitative estimate of drug-likeness (QED) is 0.269. The van der Waals surface area contributed by atoms with Crippen LogP contribution in [0.3, 0.4) is 0 Å². The highest BCUT2D eigenvalue weighted by molar-refractivity contribution is 6.00. The Morgan fingerprint density at radius 2 is 2.16 bits per heavy atom. The number of rotatable bonds is 3. The minimum Gasteiger partial charge on any atom is -0.409 e. The van der Waals surface area contributed by atoms with Gasteiger partial charge < -0.3 is 21.2 Å². The van der Waals surface area contributed by atoms with E-state index >= 15 is 0 Å². The van der Waals surface area contributed by atoms with E-state index in [2.05, 4.69) is 15.5 Å². The second kappa shape index (κ2) is 5.13. The lowest BCUT2D eigenvalue weighted by Crippen LogP contribution is -2.56. The van der Waals surface area contributed by atoms with Gasteiger partial charge in [0.25, 0.3) is 5.91 Å². The van der Waals surface area contributed by atoms with Crippen LogP contribution >= 0.6 is 0 Å². The summed E-state index contributed by atoms with van der Waals surface area (Å²) in [6, 6.07) is 1.28. The second-order valence-corrected chi connectivity index (χ2v) is 4.65. The number of aromatic amines is 1. The van der Waals surface area contributed by atoms with Crippen LogP contribution in [0, 0.1) is 0 Å². The van der Waals surface area contributed by atoms with Gasteiger partial charge >= 0.3 is 0 Å². The minimum atomic E-state index is -0.853. The molecule has 1 aromatic heterocycles. The lowest BCUT2D eigenvalue weighted by atomic mass is 9.95. The molecular formula is C12H16N4O3. The highest BCUT2D eigenvalue weighted by atomic mass is 16.4. The Morgan fingerprint density at radius 3 is 2.74 bits per heavy atom. The average molecular weight is 264 g/mol. The predicted octanol–water partition coefficient (Wildman–Crippen LogP) is 0.164. The van der Waals surface area contributed by atoms with Crippen molar-refractivity contribution in [3.63, 3.8) is 0 Å². The summed E-state index contributed by atoms with van der Waals surface area (Å²) in [5, 5.41) is 14.6. The Balaban J connectivity index is 2.26. The van der Waals surface area contributed by atoms with E-state index in [1.54, 1.807) is 0 Å². The number of carbonyl (C=O) groups is 1. The predicted molar refractivity (Wildman–Crippen MR) is 69.1 cm³/mol. The summed E-state index contributed by atoms with van der Waals surface area (Å²) in [6.45, 7) is 0. The fraction of sp³-hybridized carbons (Fsp3) is 0.417. The molecule has 102 valence electrons. The standard InChI is InChI=1S/C12H16N4O3/c13-11(16-19)12(4-1-2-5-12)15-10(18)8-7-14-6-3-9(8)17/h3,6-7,19H,1-2,4-5H2,(H2,13,16)(H,14,17)(H,15,18). The number of oxime groups is 1. The third-order valence-electron chi connectivity index (χ3n) is 3.48. The van der Waals surface area contributed by atoms with Gasteiger partial charge in [-0.25, -0.2) is 0 Å². The molecule has 1 aliphatic rings. The van der Waals surface area contributed by atoms with E-state index in [1.807, 2.05) is 0 Å². The van der Waals surface area contributed by atoms with Crippen LogP contribution in [-0.2, 0) is 0 Å². The monoisotopic (exact) mass is 264 g/mol. The molecule has 1 heterocycles. The first-order valence-corrected chi connectivity index (χ1v) is 6.07. The van der Waals surface area contributed by atoms with Crippen molar-refractivity contribution in [2.24, 2.45) is 10.9 Å². The molecule has 5 N–H and O–H groups in total. The third kappa shape index (κ3) is 2.44. The van der Waals surface area contributed by atoms with Gasteiger partial charge in [-0.05, 0) is 12.8 Å². The van der Waals surface area contributed by atoms with Crippen molar-refractivity contribution < 1.29 is 10.0 Å². The molecule has 1 saturated carbocycles. The fourth-order valence-corrected chi connectivity index (χ4v) is 2.40. The lowest BCUT2D eigenvalue weighted by Gasteiger charge is -2.28. The van der Waals surface area contributed by atoms with Crippen molar-refractivity contribution in [3.8, 4) is 0 Å². The van der Waals surface area contributed by atoms with Crippen LogP contribution in [0.25, 0.3) is 0 Å². The Kier molecular flexibility index (Phi) is 3.55. The van der Waals surface area contributed by atoms with E-state index in [9.17, 15) is 9.59 Å². The first-order chi connectivity index (χ1) is 9.09. The highest BCUT2D eigenvalue weighted by Gasteiger charge is 2.40. The summed E-state index contributed by atoms with van der Waals surface area (Å²) in [4.78, 5) is 26.4. The first kappa shape index (κ1) is 13.1. The number of nitrogens with two attached hydrogens (primary N) is 1. The van der Waals surface area contributed by atoms with Crippen LogP contribution in [0.5, 0.6) is 0 Å². The number of hydrogen-bond donors (Lipinski definition) is 4. The number of nitrogens with zero attached hydrogens (tertiary/aromatic N) is 1. The van der Waals surface area contributed by atoms with Crippen molar-refractivity contribution in [2.45, 2.75) is 31.2 Å². The van der Waals surface area contributed by atoms with Crippen molar-refractivity contribution in [2.75, 3.05) is 0 Å². The Labute approximate surface area is 109 Å². The molecule has 7 heteroatoms. The maximum Gasteiger partial charge on any atom is 0.257 e. The smallest absolute Gasteiger partial charge is 0.257 e. The molecule has 1 fully saturated rings. The normalized spacial score (nSPS) is 18.2. The molecule has 7 nitrogen and oxygen atoms in total. The maximum absolute atomic E-state index is 12.1. The summed E-state index contributed by atoms with van der Waals surface area (Å²) < 4.78 is 0. The summed E-state index contributed by atoms with van der Waals surface area (Å²) in [5.41, 5.74) is 4.47.